The van der Waals surface area contributed by atoms with Gasteiger partial charge in [-0.05, 0) is 19.9 Å². The molecule has 1 saturated heterocycles. The van der Waals surface area contributed by atoms with Crippen molar-refractivity contribution in [3.8, 4) is 0 Å². The first-order valence-electron chi connectivity index (χ1n) is 7.94. The molecule has 0 radical (unpaired) electrons. The van der Waals surface area contributed by atoms with Gasteiger partial charge in [0.2, 0.25) is 0 Å². The molecule has 6 nitrogen and oxygen atoms in total. The number of hydrogen-bond acceptors (Lipinski definition) is 7. The average Bonchev–Trinajstić information content (AvgIpc) is 3.21. The molecule has 8 heteroatoms. The molecule has 1 aliphatic rings. The molecule has 0 saturated carbocycles. The lowest BCUT2D eigenvalue weighted by atomic mass is 10.1. The molecule has 3 heterocycles. The lowest BCUT2D eigenvalue weighted by molar-refractivity contribution is 0.0931. The minimum Gasteiger partial charge on any atom is -0.391 e. The van der Waals surface area contributed by atoms with E-state index in [1.165, 1.54) is 11.3 Å². The van der Waals surface area contributed by atoms with E-state index >= 15 is 0 Å². The van der Waals surface area contributed by atoms with Gasteiger partial charge in [0.05, 0.1) is 15.7 Å². The number of amides is 1. The van der Waals surface area contributed by atoms with Gasteiger partial charge in [0.15, 0.2) is 5.13 Å². The number of nitrogens with one attached hydrogen (secondary N) is 2. The molecule has 126 valence electrons. The molecule has 2 unspecified atom stereocenters. The van der Waals surface area contributed by atoms with Crippen LogP contribution in [-0.4, -0.2) is 54.8 Å². The second-order valence-electron chi connectivity index (χ2n) is 5.64. The highest BCUT2D eigenvalue weighted by atomic mass is 32.1. The first kappa shape index (κ1) is 16.6. The third-order valence-electron chi connectivity index (χ3n) is 4.16. The Labute approximate surface area is 143 Å². The molecular formula is C15H22N4O2S2. The summed E-state index contributed by atoms with van der Waals surface area (Å²) >= 11 is 3.06. The number of aliphatic hydroxyl groups excluding tert-OH is 1. The van der Waals surface area contributed by atoms with E-state index in [2.05, 4.69) is 34.4 Å². The number of hydrogen-bond donors (Lipinski definition) is 3. The maximum atomic E-state index is 12.3. The monoisotopic (exact) mass is 354 g/mol. The predicted octanol–water partition coefficient (Wildman–Crippen LogP) is 1.51. The quantitative estimate of drug-likeness (QED) is 0.733. The lowest BCUT2D eigenvalue weighted by Crippen LogP contribution is -2.34. The number of fused-ring (bicyclic) bond motifs is 1. The summed E-state index contributed by atoms with van der Waals surface area (Å²) < 4.78 is 1.06. The van der Waals surface area contributed by atoms with Crippen molar-refractivity contribution < 1.29 is 9.90 Å². The summed E-state index contributed by atoms with van der Waals surface area (Å²) in [5.74, 6) is 0.0103. The van der Waals surface area contributed by atoms with Crippen molar-refractivity contribution in [3.05, 3.63) is 10.9 Å². The number of aromatic nitrogens is 1. The summed E-state index contributed by atoms with van der Waals surface area (Å²) in [6.45, 7) is 7.94. The normalized spacial score (nSPS) is 21.0. The molecule has 2 aromatic rings. The fraction of sp³-hybridized carbons (Fsp3) is 0.600. The van der Waals surface area contributed by atoms with Gasteiger partial charge in [0.25, 0.3) is 5.91 Å². The van der Waals surface area contributed by atoms with Crippen molar-refractivity contribution in [2.24, 2.45) is 5.92 Å². The highest BCUT2D eigenvalue weighted by molar-refractivity contribution is 7.29. The Kier molecular flexibility index (Phi) is 5.15. The predicted molar refractivity (Wildman–Crippen MR) is 95.8 cm³/mol. The second kappa shape index (κ2) is 7.12. The van der Waals surface area contributed by atoms with E-state index in [9.17, 15) is 9.90 Å². The molecule has 3 rings (SSSR count). The molecule has 2 aromatic heterocycles. The summed E-state index contributed by atoms with van der Waals surface area (Å²) in [4.78, 5) is 20.7. The molecule has 2 atom stereocenters. The van der Waals surface area contributed by atoms with Crippen LogP contribution in [-0.2, 0) is 0 Å². The third kappa shape index (κ3) is 3.50. The van der Waals surface area contributed by atoms with Crippen LogP contribution in [0.25, 0.3) is 9.53 Å². The van der Waals surface area contributed by atoms with Crippen molar-refractivity contribution in [1.82, 2.24) is 15.6 Å². The first-order chi connectivity index (χ1) is 11.1. The van der Waals surface area contributed by atoms with Crippen molar-refractivity contribution in [2.75, 3.05) is 37.6 Å². The Hall–Kier alpha value is -1.22. The molecule has 1 fully saturated rings. The van der Waals surface area contributed by atoms with E-state index in [0.29, 0.717) is 18.0 Å². The van der Waals surface area contributed by atoms with Gasteiger partial charge in [-0.1, -0.05) is 11.3 Å². The molecule has 23 heavy (non-hydrogen) atoms. The van der Waals surface area contributed by atoms with Crippen molar-refractivity contribution in [1.29, 1.82) is 0 Å². The van der Waals surface area contributed by atoms with Gasteiger partial charge in [0, 0.05) is 38.6 Å². The van der Waals surface area contributed by atoms with Crippen molar-refractivity contribution in [3.63, 3.8) is 0 Å². The third-order valence-corrected chi connectivity index (χ3v) is 6.38. The maximum Gasteiger partial charge on any atom is 0.261 e. The maximum absolute atomic E-state index is 12.3. The fourth-order valence-corrected chi connectivity index (χ4v) is 4.96. The number of aliphatic hydroxyl groups is 1. The van der Waals surface area contributed by atoms with Gasteiger partial charge in [-0.15, -0.1) is 11.3 Å². The van der Waals surface area contributed by atoms with Gasteiger partial charge >= 0.3 is 0 Å². The number of β-amino-alcohol motifs (C(OH)–C–C–N with tert-alkyl or cyclic N) is 1. The number of carbonyl (C=O) groups excluding carboxylic acids is 1. The van der Waals surface area contributed by atoms with Crippen LogP contribution in [0.1, 0.15) is 23.5 Å². The Morgan fingerprint density at radius 2 is 2.22 bits per heavy atom. The smallest absolute Gasteiger partial charge is 0.261 e. The molecule has 0 aliphatic carbocycles. The van der Waals surface area contributed by atoms with Crippen molar-refractivity contribution >= 4 is 43.2 Å². The summed E-state index contributed by atoms with van der Waals surface area (Å²) in [6, 6.07) is 1.92. The van der Waals surface area contributed by atoms with Crippen LogP contribution in [0.15, 0.2) is 6.07 Å². The van der Waals surface area contributed by atoms with Crippen LogP contribution >= 0.6 is 22.7 Å². The Morgan fingerprint density at radius 3 is 2.83 bits per heavy atom. The van der Waals surface area contributed by atoms with Crippen LogP contribution < -0.4 is 15.5 Å². The Morgan fingerprint density at radius 1 is 1.43 bits per heavy atom. The summed E-state index contributed by atoms with van der Waals surface area (Å²) in [6.07, 6.45) is -0.375. The number of anilines is 1. The highest BCUT2D eigenvalue weighted by Crippen LogP contribution is 2.34. The van der Waals surface area contributed by atoms with Crippen molar-refractivity contribution in [2.45, 2.75) is 20.0 Å². The summed E-state index contributed by atoms with van der Waals surface area (Å²) in [7, 11) is 0. The van der Waals surface area contributed by atoms with E-state index < -0.39 is 0 Å². The molecular weight excluding hydrogens is 332 g/mol. The zero-order valence-corrected chi connectivity index (χ0v) is 15.0. The largest absolute Gasteiger partial charge is 0.391 e. The van der Waals surface area contributed by atoms with Crippen LogP contribution in [0.2, 0.25) is 0 Å². The van der Waals surface area contributed by atoms with Gasteiger partial charge < -0.3 is 20.6 Å². The van der Waals surface area contributed by atoms with Crippen LogP contribution in [0, 0.1) is 5.92 Å². The standard InChI is InChI=1S/C15H22N4O2S2/c1-3-19(4-2)15-18-14-12(23-15)5-11(22-14)13(21)17-7-9-6-16-8-10(9)20/h5,9-10,16,20H,3-4,6-8H2,1-2H3,(H,17,21). The van der Waals surface area contributed by atoms with Gasteiger partial charge in [-0.25, -0.2) is 4.98 Å². The van der Waals surface area contributed by atoms with E-state index in [-0.39, 0.29) is 17.9 Å². The van der Waals surface area contributed by atoms with Gasteiger partial charge in [0.1, 0.15) is 4.83 Å². The van der Waals surface area contributed by atoms with Crippen LogP contribution in [0.5, 0.6) is 0 Å². The molecule has 3 N–H and O–H groups in total. The number of thiazole rings is 1. The number of thiophene rings is 1. The summed E-state index contributed by atoms with van der Waals surface area (Å²) in [5.41, 5.74) is 0. The minimum atomic E-state index is -0.375. The highest BCUT2D eigenvalue weighted by Gasteiger charge is 2.25. The van der Waals surface area contributed by atoms with Crippen LogP contribution in [0.3, 0.4) is 0 Å². The Bertz CT molecular complexity index is 649. The second-order valence-corrected chi connectivity index (χ2v) is 7.68. The molecule has 1 amide bonds. The minimum absolute atomic E-state index is 0.0799. The molecule has 0 spiro atoms. The van der Waals surface area contributed by atoms with E-state index in [4.69, 9.17) is 0 Å². The number of nitrogens with zero attached hydrogens (tertiary/aromatic N) is 2. The van der Waals surface area contributed by atoms with Crippen LogP contribution in [0.4, 0.5) is 5.13 Å². The molecule has 0 bridgehead atoms. The van der Waals surface area contributed by atoms with Gasteiger partial charge in [-0.3, -0.25) is 4.79 Å². The van der Waals surface area contributed by atoms with Gasteiger partial charge in [-0.2, -0.15) is 0 Å². The van der Waals surface area contributed by atoms with E-state index in [1.807, 2.05) is 6.07 Å². The first-order valence-corrected chi connectivity index (χ1v) is 9.58. The topological polar surface area (TPSA) is 77.5 Å². The fourth-order valence-electron chi connectivity index (χ4n) is 2.70. The molecule has 1 aliphatic heterocycles. The number of rotatable bonds is 6. The molecule has 0 aromatic carbocycles. The number of carbonyl (C=O) groups is 1. The van der Waals surface area contributed by atoms with E-state index in [1.54, 1.807) is 11.3 Å². The lowest BCUT2D eigenvalue weighted by Gasteiger charge is -2.16. The summed E-state index contributed by atoms with van der Waals surface area (Å²) in [5, 5.41) is 16.8. The zero-order valence-electron chi connectivity index (χ0n) is 13.3. The average molecular weight is 355 g/mol. The van der Waals surface area contributed by atoms with E-state index in [0.717, 1.165) is 34.3 Å². The zero-order chi connectivity index (χ0) is 16.4. The SMILES string of the molecule is CCN(CC)c1nc2sc(C(=O)NCC3CNCC3O)cc2s1. The Balaban J connectivity index is 1.65.